The van der Waals surface area contributed by atoms with E-state index in [-0.39, 0.29) is 0 Å². The first-order valence-electron chi connectivity index (χ1n) is 6.06. The predicted octanol–water partition coefficient (Wildman–Crippen LogP) is 2.74. The fourth-order valence-electron chi connectivity index (χ4n) is 1.34. The molecule has 0 saturated carbocycles. The molecule has 0 radical (unpaired) electrons. The summed E-state index contributed by atoms with van der Waals surface area (Å²) in [5.41, 5.74) is 0.363. The second kappa shape index (κ2) is 9.47. The maximum absolute atomic E-state index is 3.35. The number of rotatable bonds is 0. The van der Waals surface area contributed by atoms with Gasteiger partial charge in [-0.3, -0.25) is 4.90 Å². The SMILES string of the molecule is CC.CC.CC(C)(C)N1CCNCC1. The molecule has 0 spiro atoms. The van der Waals surface area contributed by atoms with Crippen LogP contribution in [-0.4, -0.2) is 36.6 Å². The number of piperazine rings is 1. The molecule has 2 nitrogen and oxygen atoms in total. The Kier molecular flexibility index (Phi) is 11.1. The summed E-state index contributed by atoms with van der Waals surface area (Å²) in [6.07, 6.45) is 0. The number of hydrogen-bond acceptors (Lipinski definition) is 2. The van der Waals surface area contributed by atoms with Gasteiger partial charge >= 0.3 is 0 Å². The van der Waals surface area contributed by atoms with Crippen LogP contribution in [0.4, 0.5) is 0 Å². The summed E-state index contributed by atoms with van der Waals surface area (Å²) in [4.78, 5) is 2.52. The van der Waals surface area contributed by atoms with Gasteiger partial charge in [-0.1, -0.05) is 27.7 Å². The predicted molar refractivity (Wildman–Crippen MR) is 66.9 cm³/mol. The van der Waals surface area contributed by atoms with Crippen LogP contribution in [0.25, 0.3) is 0 Å². The third-order valence-corrected chi connectivity index (χ3v) is 2.07. The third kappa shape index (κ3) is 7.34. The van der Waals surface area contributed by atoms with Gasteiger partial charge in [0.2, 0.25) is 0 Å². The lowest BCUT2D eigenvalue weighted by atomic mass is 10.1. The van der Waals surface area contributed by atoms with E-state index < -0.39 is 0 Å². The van der Waals surface area contributed by atoms with Crippen molar-refractivity contribution in [2.75, 3.05) is 26.2 Å². The van der Waals surface area contributed by atoms with Gasteiger partial charge < -0.3 is 5.32 Å². The second-order valence-electron chi connectivity index (χ2n) is 3.91. The minimum absolute atomic E-state index is 0.363. The second-order valence-corrected chi connectivity index (χ2v) is 3.91. The maximum Gasteiger partial charge on any atom is 0.0126 e. The summed E-state index contributed by atoms with van der Waals surface area (Å²) in [7, 11) is 0. The molecule has 0 unspecified atom stereocenters. The summed E-state index contributed by atoms with van der Waals surface area (Å²) in [6, 6.07) is 0. The van der Waals surface area contributed by atoms with Crippen molar-refractivity contribution in [2.24, 2.45) is 0 Å². The molecule has 2 heteroatoms. The van der Waals surface area contributed by atoms with Crippen molar-refractivity contribution in [3.8, 4) is 0 Å². The monoisotopic (exact) mass is 202 g/mol. The smallest absolute Gasteiger partial charge is 0.0126 e. The molecule has 1 saturated heterocycles. The molecule has 1 rings (SSSR count). The Morgan fingerprint density at radius 2 is 1.21 bits per heavy atom. The largest absolute Gasteiger partial charge is 0.314 e. The molecule has 1 aliphatic rings. The minimum Gasteiger partial charge on any atom is -0.314 e. The van der Waals surface area contributed by atoms with Gasteiger partial charge in [0, 0.05) is 31.7 Å². The van der Waals surface area contributed by atoms with Crippen LogP contribution in [-0.2, 0) is 0 Å². The highest BCUT2D eigenvalue weighted by atomic mass is 15.2. The Bertz CT molecular complexity index is 99.4. The molecule has 1 fully saturated rings. The zero-order valence-electron chi connectivity index (χ0n) is 11.3. The standard InChI is InChI=1S/C8H18N2.2C2H6/c1-8(2,3)10-6-4-9-5-7-10;2*1-2/h9H,4-7H2,1-3H3;2*1-2H3. The Morgan fingerprint density at radius 3 is 1.43 bits per heavy atom. The molecule has 0 aromatic rings. The molecular weight excluding hydrogens is 172 g/mol. The van der Waals surface area contributed by atoms with E-state index in [0.717, 1.165) is 13.1 Å². The molecule has 1 heterocycles. The number of hydrogen-bond donors (Lipinski definition) is 1. The Morgan fingerprint density at radius 1 is 0.857 bits per heavy atom. The average molecular weight is 202 g/mol. The van der Waals surface area contributed by atoms with Crippen molar-refractivity contribution in [1.29, 1.82) is 0 Å². The quantitative estimate of drug-likeness (QED) is 0.650. The van der Waals surface area contributed by atoms with Gasteiger partial charge in [-0.15, -0.1) is 0 Å². The van der Waals surface area contributed by atoms with E-state index in [9.17, 15) is 0 Å². The maximum atomic E-state index is 3.35. The molecule has 14 heavy (non-hydrogen) atoms. The van der Waals surface area contributed by atoms with E-state index in [1.807, 2.05) is 27.7 Å². The van der Waals surface area contributed by atoms with Crippen LogP contribution < -0.4 is 5.32 Å². The Balaban J connectivity index is 0. The molecular formula is C12H30N2. The van der Waals surface area contributed by atoms with Gasteiger partial charge in [-0.25, -0.2) is 0 Å². The van der Waals surface area contributed by atoms with Gasteiger partial charge in [-0.05, 0) is 20.8 Å². The van der Waals surface area contributed by atoms with E-state index in [4.69, 9.17) is 0 Å². The van der Waals surface area contributed by atoms with Crippen LogP contribution in [0.1, 0.15) is 48.5 Å². The first-order valence-corrected chi connectivity index (χ1v) is 6.06. The van der Waals surface area contributed by atoms with Crippen molar-refractivity contribution < 1.29 is 0 Å². The third-order valence-electron chi connectivity index (χ3n) is 2.07. The van der Waals surface area contributed by atoms with Gasteiger partial charge in [0.1, 0.15) is 0 Å². The highest BCUT2D eigenvalue weighted by Crippen LogP contribution is 2.12. The normalized spacial score (nSPS) is 17.4. The molecule has 88 valence electrons. The fraction of sp³-hybridized carbons (Fsp3) is 1.00. The number of nitrogens with zero attached hydrogens (tertiary/aromatic N) is 1. The van der Waals surface area contributed by atoms with Crippen LogP contribution in [0.15, 0.2) is 0 Å². The average Bonchev–Trinajstić information content (AvgIpc) is 2.24. The Labute approximate surface area is 91.1 Å². The molecule has 0 aliphatic carbocycles. The lowest BCUT2D eigenvalue weighted by Gasteiger charge is -2.38. The molecule has 0 amide bonds. The van der Waals surface area contributed by atoms with Gasteiger partial charge in [0.25, 0.3) is 0 Å². The van der Waals surface area contributed by atoms with Crippen molar-refractivity contribution in [3.63, 3.8) is 0 Å². The zero-order chi connectivity index (χ0) is 11.6. The summed E-state index contributed by atoms with van der Waals surface area (Å²) in [5, 5.41) is 3.35. The molecule has 1 aliphatic heterocycles. The summed E-state index contributed by atoms with van der Waals surface area (Å²) < 4.78 is 0. The molecule has 1 N–H and O–H groups in total. The van der Waals surface area contributed by atoms with Crippen molar-refractivity contribution in [3.05, 3.63) is 0 Å². The summed E-state index contributed by atoms with van der Waals surface area (Å²) in [5.74, 6) is 0. The van der Waals surface area contributed by atoms with Crippen LogP contribution in [0.5, 0.6) is 0 Å². The van der Waals surface area contributed by atoms with Crippen molar-refractivity contribution >= 4 is 0 Å². The lowest BCUT2D eigenvalue weighted by molar-refractivity contribution is 0.119. The van der Waals surface area contributed by atoms with Crippen LogP contribution in [0.3, 0.4) is 0 Å². The molecule has 0 atom stereocenters. The molecule has 0 bridgehead atoms. The molecule has 0 aromatic carbocycles. The van der Waals surface area contributed by atoms with E-state index in [1.165, 1.54) is 13.1 Å². The zero-order valence-corrected chi connectivity index (χ0v) is 11.3. The fourth-order valence-corrected chi connectivity index (χ4v) is 1.34. The summed E-state index contributed by atoms with van der Waals surface area (Å²) >= 11 is 0. The lowest BCUT2D eigenvalue weighted by Crippen LogP contribution is -2.51. The Hall–Kier alpha value is -0.0800. The van der Waals surface area contributed by atoms with Crippen molar-refractivity contribution in [2.45, 2.75) is 54.0 Å². The van der Waals surface area contributed by atoms with Crippen molar-refractivity contribution in [1.82, 2.24) is 10.2 Å². The summed E-state index contributed by atoms with van der Waals surface area (Å²) in [6.45, 7) is 19.5. The first kappa shape index (κ1) is 16.4. The minimum atomic E-state index is 0.363. The van der Waals surface area contributed by atoms with Crippen LogP contribution in [0, 0.1) is 0 Å². The van der Waals surface area contributed by atoms with E-state index in [2.05, 4.69) is 31.0 Å². The first-order chi connectivity index (χ1) is 6.61. The number of nitrogens with one attached hydrogen (secondary N) is 1. The topological polar surface area (TPSA) is 15.3 Å². The van der Waals surface area contributed by atoms with Gasteiger partial charge in [0.15, 0.2) is 0 Å². The van der Waals surface area contributed by atoms with E-state index in [1.54, 1.807) is 0 Å². The van der Waals surface area contributed by atoms with E-state index >= 15 is 0 Å². The van der Waals surface area contributed by atoms with Gasteiger partial charge in [0.05, 0.1) is 0 Å². The molecule has 0 aromatic heterocycles. The van der Waals surface area contributed by atoms with Crippen LogP contribution >= 0.6 is 0 Å². The van der Waals surface area contributed by atoms with Gasteiger partial charge in [-0.2, -0.15) is 0 Å². The highest BCUT2D eigenvalue weighted by Gasteiger charge is 2.21. The van der Waals surface area contributed by atoms with E-state index in [0.29, 0.717) is 5.54 Å². The highest BCUT2D eigenvalue weighted by molar-refractivity contribution is 4.79. The van der Waals surface area contributed by atoms with Crippen LogP contribution in [0.2, 0.25) is 0 Å².